The Kier molecular flexibility index (Phi) is 3.52. The maximum absolute atomic E-state index is 11.9. The number of nitrogens with one attached hydrogen (secondary N) is 2. The van der Waals surface area contributed by atoms with E-state index in [1.165, 1.54) is 0 Å². The number of hydrogen-bond acceptors (Lipinski definition) is 2. The molecule has 1 heterocycles. The van der Waals surface area contributed by atoms with Gasteiger partial charge in [-0.15, -0.1) is 5.09 Å². The first kappa shape index (κ1) is 11.8. The van der Waals surface area contributed by atoms with Crippen molar-refractivity contribution in [3.8, 4) is 0 Å². The fourth-order valence-electron chi connectivity index (χ4n) is 1.57. The standard InChI is InChI=1S/C11H11N2O3P/c14-11(15)5-6-13-17(16)10-7-12-9-4-2-1-3-8(9)10/h1-4,7H,5-6H2,(H2-,12,13,14,15,16)/p+1. The van der Waals surface area contributed by atoms with Gasteiger partial charge in [0, 0.05) is 0 Å². The van der Waals surface area contributed by atoms with Crippen LogP contribution < -0.4 is 10.4 Å². The van der Waals surface area contributed by atoms with E-state index >= 15 is 0 Å². The lowest BCUT2D eigenvalue weighted by molar-refractivity contribution is -0.136. The number of para-hydroxylation sites is 1. The predicted molar refractivity (Wildman–Crippen MR) is 65.8 cm³/mol. The zero-order valence-corrected chi connectivity index (χ0v) is 9.91. The van der Waals surface area contributed by atoms with Gasteiger partial charge in [0.2, 0.25) is 5.30 Å². The van der Waals surface area contributed by atoms with Gasteiger partial charge in [-0.3, -0.25) is 4.79 Å². The average Bonchev–Trinajstić information content (AvgIpc) is 2.72. The summed E-state index contributed by atoms with van der Waals surface area (Å²) in [6, 6.07) is 7.56. The second kappa shape index (κ2) is 5.08. The summed E-state index contributed by atoms with van der Waals surface area (Å²) in [5, 5.41) is 12.8. The molecule has 0 fully saturated rings. The Morgan fingerprint density at radius 1 is 1.41 bits per heavy atom. The van der Waals surface area contributed by atoms with E-state index in [0.717, 1.165) is 10.9 Å². The van der Waals surface area contributed by atoms with E-state index in [1.807, 2.05) is 24.3 Å². The van der Waals surface area contributed by atoms with Crippen LogP contribution in [0.1, 0.15) is 6.42 Å². The molecule has 0 aliphatic heterocycles. The number of carboxylic acids is 1. The quantitative estimate of drug-likeness (QED) is 0.705. The molecule has 0 saturated heterocycles. The van der Waals surface area contributed by atoms with Gasteiger partial charge >= 0.3 is 13.9 Å². The third-order valence-corrected chi connectivity index (χ3v) is 3.70. The zero-order chi connectivity index (χ0) is 12.3. The van der Waals surface area contributed by atoms with Crippen molar-refractivity contribution >= 4 is 30.1 Å². The third-order valence-electron chi connectivity index (χ3n) is 2.38. The fourth-order valence-corrected chi connectivity index (χ4v) is 2.65. The van der Waals surface area contributed by atoms with Gasteiger partial charge in [0.05, 0.1) is 30.1 Å². The van der Waals surface area contributed by atoms with Crippen molar-refractivity contribution in [3.05, 3.63) is 30.5 Å². The van der Waals surface area contributed by atoms with Crippen molar-refractivity contribution in [3.63, 3.8) is 0 Å². The zero-order valence-electron chi connectivity index (χ0n) is 9.01. The molecule has 1 aromatic heterocycles. The molecule has 0 saturated carbocycles. The summed E-state index contributed by atoms with van der Waals surface area (Å²) in [6.07, 6.45) is 1.65. The van der Waals surface area contributed by atoms with Gasteiger partial charge in [0.25, 0.3) is 0 Å². The Labute approximate surface area is 98.7 Å². The number of carboxylic acid groups (broad SMARTS) is 1. The normalized spacial score (nSPS) is 11.6. The molecule has 2 rings (SSSR count). The lowest BCUT2D eigenvalue weighted by Crippen LogP contribution is -2.14. The molecular weight excluding hydrogens is 239 g/mol. The highest BCUT2D eigenvalue weighted by Gasteiger charge is 2.24. The Balaban J connectivity index is 2.11. The molecule has 1 aromatic carbocycles. The second-order valence-electron chi connectivity index (χ2n) is 3.57. The minimum absolute atomic E-state index is 0.0383. The van der Waals surface area contributed by atoms with Gasteiger partial charge in [-0.2, -0.15) is 0 Å². The van der Waals surface area contributed by atoms with E-state index in [-0.39, 0.29) is 13.0 Å². The topological polar surface area (TPSA) is 82.2 Å². The molecule has 0 bridgehead atoms. The number of aliphatic carboxylic acids is 1. The first-order valence-corrected chi connectivity index (χ1v) is 6.43. The minimum atomic E-state index is -1.76. The molecule has 0 spiro atoms. The van der Waals surface area contributed by atoms with Gasteiger partial charge in [-0.25, -0.2) is 0 Å². The molecule has 0 amide bonds. The summed E-state index contributed by atoms with van der Waals surface area (Å²) in [6.45, 7) is 0.198. The van der Waals surface area contributed by atoms with E-state index in [1.54, 1.807) is 6.20 Å². The summed E-state index contributed by atoms with van der Waals surface area (Å²) in [4.78, 5) is 13.4. The first-order chi connectivity index (χ1) is 8.18. The van der Waals surface area contributed by atoms with Crippen molar-refractivity contribution in [2.45, 2.75) is 6.42 Å². The number of rotatable bonds is 5. The van der Waals surface area contributed by atoms with Gasteiger partial charge in [-0.1, -0.05) is 12.1 Å². The summed E-state index contributed by atoms with van der Waals surface area (Å²) in [7, 11) is -1.76. The maximum atomic E-state index is 11.9. The molecular formula is C11H12N2O3P+. The van der Waals surface area contributed by atoms with E-state index in [4.69, 9.17) is 5.11 Å². The molecule has 2 aromatic rings. The first-order valence-electron chi connectivity index (χ1n) is 5.17. The average molecular weight is 251 g/mol. The van der Waals surface area contributed by atoms with Crippen LogP contribution in [0.15, 0.2) is 30.5 Å². The Morgan fingerprint density at radius 3 is 2.94 bits per heavy atom. The van der Waals surface area contributed by atoms with E-state index in [9.17, 15) is 9.36 Å². The summed E-state index contributed by atoms with van der Waals surface area (Å²) >= 11 is 0. The van der Waals surface area contributed by atoms with Crippen LogP contribution in [0.2, 0.25) is 0 Å². The predicted octanol–water partition coefficient (Wildman–Crippen LogP) is 1.60. The monoisotopic (exact) mass is 251 g/mol. The maximum Gasteiger partial charge on any atom is 0.473 e. The number of aromatic nitrogens is 1. The Hall–Kier alpha value is -1.71. The highest BCUT2D eigenvalue weighted by atomic mass is 31.1. The number of carbonyl (C=O) groups is 1. The molecule has 1 atom stereocenters. The highest BCUT2D eigenvalue weighted by Crippen LogP contribution is 2.21. The van der Waals surface area contributed by atoms with E-state index in [0.29, 0.717) is 5.30 Å². The van der Waals surface area contributed by atoms with Gasteiger partial charge in [0.15, 0.2) is 0 Å². The smallest absolute Gasteiger partial charge is 0.473 e. The third kappa shape index (κ3) is 2.70. The molecule has 88 valence electrons. The van der Waals surface area contributed by atoms with Crippen molar-refractivity contribution in [1.29, 1.82) is 0 Å². The Morgan fingerprint density at radius 2 is 2.18 bits per heavy atom. The van der Waals surface area contributed by atoms with Crippen LogP contribution >= 0.6 is 7.95 Å². The van der Waals surface area contributed by atoms with Gasteiger partial charge in [0.1, 0.15) is 0 Å². The lowest BCUT2D eigenvalue weighted by Gasteiger charge is -1.90. The van der Waals surface area contributed by atoms with Crippen LogP contribution in [0.4, 0.5) is 0 Å². The minimum Gasteiger partial charge on any atom is -0.481 e. The number of benzene rings is 1. The molecule has 0 radical (unpaired) electrons. The van der Waals surface area contributed by atoms with Gasteiger partial charge < -0.3 is 10.1 Å². The molecule has 0 aliphatic rings. The van der Waals surface area contributed by atoms with Crippen LogP contribution in [0.3, 0.4) is 0 Å². The molecule has 6 heteroatoms. The molecule has 17 heavy (non-hydrogen) atoms. The summed E-state index contributed by atoms with van der Waals surface area (Å²) < 4.78 is 11.9. The van der Waals surface area contributed by atoms with Crippen molar-refractivity contribution in [2.75, 3.05) is 6.54 Å². The molecule has 3 N–H and O–H groups in total. The molecule has 1 unspecified atom stereocenters. The van der Waals surface area contributed by atoms with Crippen molar-refractivity contribution in [1.82, 2.24) is 10.1 Å². The SMILES string of the molecule is O=C(O)CCN[P+](=O)c1c[nH]c2ccccc12. The molecule has 5 nitrogen and oxygen atoms in total. The number of fused-ring (bicyclic) bond motifs is 1. The van der Waals surface area contributed by atoms with Gasteiger partial charge in [-0.05, 0) is 16.7 Å². The number of hydrogen-bond donors (Lipinski definition) is 3. The summed E-state index contributed by atoms with van der Waals surface area (Å²) in [5.41, 5.74) is 0.922. The van der Waals surface area contributed by atoms with E-state index in [2.05, 4.69) is 10.1 Å². The molecule has 0 aliphatic carbocycles. The van der Waals surface area contributed by atoms with Crippen molar-refractivity contribution < 1.29 is 14.5 Å². The fraction of sp³-hybridized carbons (Fsp3) is 0.182. The highest BCUT2D eigenvalue weighted by molar-refractivity contribution is 7.52. The lowest BCUT2D eigenvalue weighted by atomic mass is 10.2. The summed E-state index contributed by atoms with van der Waals surface area (Å²) in [5.74, 6) is -0.903. The number of H-pyrrole nitrogens is 1. The van der Waals surface area contributed by atoms with Crippen LogP contribution in [-0.2, 0) is 9.36 Å². The van der Waals surface area contributed by atoms with Crippen molar-refractivity contribution in [2.24, 2.45) is 0 Å². The second-order valence-corrected chi connectivity index (χ2v) is 4.95. The largest absolute Gasteiger partial charge is 0.481 e. The van der Waals surface area contributed by atoms with E-state index < -0.39 is 13.9 Å². The van der Waals surface area contributed by atoms with Crippen LogP contribution in [0.25, 0.3) is 10.9 Å². The van der Waals surface area contributed by atoms with Crippen LogP contribution in [0, 0.1) is 0 Å². The number of aromatic amines is 1. The Bertz CT molecular complexity index is 565. The van der Waals surface area contributed by atoms with Crippen LogP contribution in [0.5, 0.6) is 0 Å². The van der Waals surface area contributed by atoms with Crippen LogP contribution in [-0.4, -0.2) is 22.6 Å².